The third kappa shape index (κ3) is 4.34. The van der Waals surface area contributed by atoms with Gasteiger partial charge in [-0.25, -0.2) is 0 Å². The second-order valence-corrected chi connectivity index (χ2v) is 5.76. The molecule has 2 aromatic heterocycles. The first-order valence-electron chi connectivity index (χ1n) is 7.95. The van der Waals surface area contributed by atoms with Crippen LogP contribution < -0.4 is 10.2 Å². The standard InChI is InChI=1S/C16H24N4O3/c1-5-6-7-14-13(12(4)23-19-14)10-22-20-15(8-9-17-20)16(21)18-11(2)3/h8-9,11H,5-7,10H2,1-4H3,(H,18,21). The van der Waals surface area contributed by atoms with Gasteiger partial charge in [-0.05, 0) is 39.7 Å². The van der Waals surface area contributed by atoms with Gasteiger partial charge < -0.3 is 14.7 Å². The Bertz CT molecular complexity index is 646. The first-order valence-corrected chi connectivity index (χ1v) is 7.95. The highest BCUT2D eigenvalue weighted by atomic mass is 16.7. The number of rotatable bonds is 8. The molecule has 0 saturated heterocycles. The van der Waals surface area contributed by atoms with Gasteiger partial charge in [-0.1, -0.05) is 23.3 Å². The number of amides is 1. The number of carbonyl (C=O) groups excluding carboxylic acids is 1. The quantitative estimate of drug-likeness (QED) is 0.807. The van der Waals surface area contributed by atoms with E-state index in [4.69, 9.17) is 9.36 Å². The van der Waals surface area contributed by atoms with E-state index in [1.165, 1.54) is 11.0 Å². The summed E-state index contributed by atoms with van der Waals surface area (Å²) in [5.74, 6) is 0.516. The van der Waals surface area contributed by atoms with Crippen LogP contribution in [0.25, 0.3) is 0 Å². The van der Waals surface area contributed by atoms with Gasteiger partial charge in [-0.2, -0.15) is 0 Å². The van der Waals surface area contributed by atoms with Gasteiger partial charge in [0.25, 0.3) is 5.91 Å². The molecule has 7 nitrogen and oxygen atoms in total. The number of unbranched alkanes of at least 4 members (excludes halogenated alkanes) is 1. The molecule has 23 heavy (non-hydrogen) atoms. The monoisotopic (exact) mass is 320 g/mol. The summed E-state index contributed by atoms with van der Waals surface area (Å²) in [6, 6.07) is 1.67. The molecule has 0 unspecified atom stereocenters. The van der Waals surface area contributed by atoms with Crippen molar-refractivity contribution in [3.63, 3.8) is 0 Å². The minimum absolute atomic E-state index is 0.0480. The normalized spacial score (nSPS) is 11.0. The van der Waals surface area contributed by atoms with Gasteiger partial charge in [0.2, 0.25) is 0 Å². The molecule has 2 aromatic rings. The molecular formula is C16H24N4O3. The maximum absolute atomic E-state index is 12.1. The second kappa shape index (κ2) is 7.80. The molecule has 2 rings (SSSR count). The lowest BCUT2D eigenvalue weighted by Gasteiger charge is -2.11. The Kier molecular flexibility index (Phi) is 5.78. The van der Waals surface area contributed by atoms with Crippen LogP contribution in [0, 0.1) is 6.92 Å². The maximum Gasteiger partial charge on any atom is 0.273 e. The molecule has 0 saturated carbocycles. The zero-order valence-electron chi connectivity index (χ0n) is 14.1. The fraction of sp³-hybridized carbons (Fsp3) is 0.562. The molecule has 1 amide bonds. The lowest BCUT2D eigenvalue weighted by atomic mass is 10.1. The van der Waals surface area contributed by atoms with Crippen LogP contribution in [-0.2, 0) is 13.0 Å². The Balaban J connectivity index is 2.06. The average Bonchev–Trinajstić information content (AvgIpc) is 3.09. The fourth-order valence-corrected chi connectivity index (χ4v) is 2.18. The van der Waals surface area contributed by atoms with Crippen molar-refractivity contribution >= 4 is 5.91 Å². The van der Waals surface area contributed by atoms with Crippen LogP contribution in [0.15, 0.2) is 16.8 Å². The highest BCUT2D eigenvalue weighted by molar-refractivity contribution is 5.92. The van der Waals surface area contributed by atoms with E-state index in [-0.39, 0.29) is 18.6 Å². The van der Waals surface area contributed by atoms with E-state index >= 15 is 0 Å². The van der Waals surface area contributed by atoms with Crippen molar-refractivity contribution in [1.29, 1.82) is 0 Å². The number of nitrogens with zero attached hydrogens (tertiary/aromatic N) is 3. The molecule has 0 aliphatic carbocycles. The minimum Gasteiger partial charge on any atom is -0.391 e. The number of carbonyl (C=O) groups is 1. The van der Waals surface area contributed by atoms with Crippen LogP contribution in [0.2, 0.25) is 0 Å². The van der Waals surface area contributed by atoms with Crippen molar-refractivity contribution in [1.82, 2.24) is 20.4 Å². The van der Waals surface area contributed by atoms with Gasteiger partial charge in [-0.3, -0.25) is 4.79 Å². The minimum atomic E-state index is -0.217. The van der Waals surface area contributed by atoms with E-state index in [9.17, 15) is 4.79 Å². The first kappa shape index (κ1) is 17.1. The van der Waals surface area contributed by atoms with E-state index in [0.29, 0.717) is 5.69 Å². The summed E-state index contributed by atoms with van der Waals surface area (Å²) in [4.78, 5) is 19.0. The van der Waals surface area contributed by atoms with Gasteiger partial charge in [-0.15, -0.1) is 5.10 Å². The molecular weight excluding hydrogens is 296 g/mol. The van der Waals surface area contributed by atoms with Gasteiger partial charge in [0.15, 0.2) is 5.69 Å². The van der Waals surface area contributed by atoms with Crippen molar-refractivity contribution < 1.29 is 14.2 Å². The Labute approximate surface area is 135 Å². The third-order valence-corrected chi connectivity index (χ3v) is 3.43. The largest absolute Gasteiger partial charge is 0.391 e. The number of aromatic nitrogens is 3. The number of aryl methyl sites for hydroxylation is 2. The molecule has 2 heterocycles. The number of nitrogens with one attached hydrogen (secondary N) is 1. The van der Waals surface area contributed by atoms with Crippen molar-refractivity contribution in [3.8, 4) is 0 Å². The molecule has 0 aliphatic heterocycles. The van der Waals surface area contributed by atoms with E-state index in [1.807, 2.05) is 20.8 Å². The second-order valence-electron chi connectivity index (χ2n) is 5.76. The van der Waals surface area contributed by atoms with E-state index in [0.717, 1.165) is 36.3 Å². The Morgan fingerprint density at radius 1 is 1.48 bits per heavy atom. The summed E-state index contributed by atoms with van der Waals surface area (Å²) < 4.78 is 5.25. The molecule has 0 fully saturated rings. The highest BCUT2D eigenvalue weighted by Crippen LogP contribution is 2.16. The molecule has 126 valence electrons. The van der Waals surface area contributed by atoms with E-state index in [2.05, 4.69) is 22.5 Å². The van der Waals surface area contributed by atoms with Crippen molar-refractivity contribution in [2.24, 2.45) is 0 Å². The van der Waals surface area contributed by atoms with Crippen LogP contribution in [-0.4, -0.2) is 27.0 Å². The predicted octanol–water partition coefficient (Wildman–Crippen LogP) is 2.29. The smallest absolute Gasteiger partial charge is 0.273 e. The van der Waals surface area contributed by atoms with Crippen LogP contribution in [0.5, 0.6) is 0 Å². The van der Waals surface area contributed by atoms with Gasteiger partial charge in [0.05, 0.1) is 17.5 Å². The predicted molar refractivity (Wildman–Crippen MR) is 85.0 cm³/mol. The van der Waals surface area contributed by atoms with Crippen LogP contribution in [0.4, 0.5) is 0 Å². The SMILES string of the molecule is CCCCc1noc(C)c1COn1nccc1C(=O)NC(C)C. The average molecular weight is 320 g/mol. The lowest BCUT2D eigenvalue weighted by molar-refractivity contribution is 0.0573. The van der Waals surface area contributed by atoms with Crippen LogP contribution in [0.1, 0.15) is 61.1 Å². The summed E-state index contributed by atoms with van der Waals surface area (Å²) in [5.41, 5.74) is 2.19. The zero-order valence-corrected chi connectivity index (χ0v) is 14.1. The maximum atomic E-state index is 12.1. The van der Waals surface area contributed by atoms with E-state index in [1.54, 1.807) is 6.07 Å². The molecule has 0 aliphatic rings. The summed E-state index contributed by atoms with van der Waals surface area (Å²) in [6.07, 6.45) is 4.52. The summed E-state index contributed by atoms with van der Waals surface area (Å²) in [6.45, 7) is 8.06. The zero-order chi connectivity index (χ0) is 16.8. The van der Waals surface area contributed by atoms with Crippen molar-refractivity contribution in [2.45, 2.75) is 59.6 Å². The number of hydrogen-bond donors (Lipinski definition) is 1. The van der Waals surface area contributed by atoms with Gasteiger partial charge in [0, 0.05) is 6.04 Å². The van der Waals surface area contributed by atoms with E-state index < -0.39 is 0 Å². The Morgan fingerprint density at radius 2 is 2.26 bits per heavy atom. The lowest BCUT2D eigenvalue weighted by Crippen LogP contribution is -2.33. The number of hydrogen-bond acceptors (Lipinski definition) is 5. The van der Waals surface area contributed by atoms with Crippen molar-refractivity contribution in [2.75, 3.05) is 0 Å². The molecule has 0 bridgehead atoms. The van der Waals surface area contributed by atoms with Gasteiger partial charge >= 0.3 is 0 Å². The fourth-order valence-electron chi connectivity index (χ4n) is 2.18. The molecule has 0 spiro atoms. The van der Waals surface area contributed by atoms with Crippen LogP contribution >= 0.6 is 0 Å². The molecule has 1 N–H and O–H groups in total. The third-order valence-electron chi connectivity index (χ3n) is 3.43. The summed E-state index contributed by atoms with van der Waals surface area (Å²) in [7, 11) is 0. The summed E-state index contributed by atoms with van der Waals surface area (Å²) in [5, 5.41) is 11.0. The summed E-state index contributed by atoms with van der Waals surface area (Å²) >= 11 is 0. The molecule has 0 radical (unpaired) electrons. The van der Waals surface area contributed by atoms with Crippen molar-refractivity contribution in [3.05, 3.63) is 35.0 Å². The highest BCUT2D eigenvalue weighted by Gasteiger charge is 2.17. The topological polar surface area (TPSA) is 82.2 Å². The Hall–Kier alpha value is -2.31. The first-order chi connectivity index (χ1) is 11.0. The molecule has 0 aromatic carbocycles. The van der Waals surface area contributed by atoms with Gasteiger partial charge in [0.1, 0.15) is 12.4 Å². The Morgan fingerprint density at radius 3 is 2.96 bits per heavy atom. The van der Waals surface area contributed by atoms with Crippen LogP contribution in [0.3, 0.4) is 0 Å². The molecule has 7 heteroatoms. The molecule has 0 atom stereocenters.